The molecule has 2 aromatic rings. The Balaban J connectivity index is 1.48. The molecule has 1 saturated heterocycles. The molecule has 2 aliphatic heterocycles. The molecule has 1 N–H and O–H groups in total. The average Bonchev–Trinajstić information content (AvgIpc) is 3.07. The molecule has 1 fully saturated rings. The van der Waals surface area contributed by atoms with Crippen LogP contribution in [-0.4, -0.2) is 34.0 Å². The molecule has 2 aliphatic rings. The third-order valence-corrected chi connectivity index (χ3v) is 6.96. The van der Waals surface area contributed by atoms with Crippen LogP contribution in [0, 0.1) is 0 Å². The van der Waals surface area contributed by atoms with Gasteiger partial charge >= 0.3 is 0 Å². The smallest absolute Gasteiger partial charge is 0.256 e. The number of nitrogens with one attached hydrogen (secondary N) is 1. The first-order valence-corrected chi connectivity index (χ1v) is 10.3. The largest absolute Gasteiger partial charge is 0.354 e. The molecule has 6 heteroatoms. The summed E-state index contributed by atoms with van der Waals surface area (Å²) in [6.45, 7) is 4.60. The zero-order valence-corrected chi connectivity index (χ0v) is 16.8. The molecule has 2 atom stereocenters. The minimum Gasteiger partial charge on any atom is -0.354 e. The fourth-order valence-corrected chi connectivity index (χ4v) is 5.60. The van der Waals surface area contributed by atoms with Gasteiger partial charge in [0.2, 0.25) is 5.91 Å². The van der Waals surface area contributed by atoms with Gasteiger partial charge in [-0.1, -0.05) is 41.9 Å². The molecular weight excluding hydrogens is 380 g/mol. The molecular formula is C21H21ClN2O2S. The molecule has 140 valence electrons. The van der Waals surface area contributed by atoms with Crippen LogP contribution in [-0.2, 0) is 11.2 Å². The summed E-state index contributed by atoms with van der Waals surface area (Å²) in [5.41, 5.74) is 2.84. The van der Waals surface area contributed by atoms with Gasteiger partial charge in [-0.2, -0.15) is 0 Å². The second kappa shape index (κ2) is 6.88. The van der Waals surface area contributed by atoms with Crippen LogP contribution in [0.25, 0.3) is 0 Å². The topological polar surface area (TPSA) is 49.4 Å². The monoisotopic (exact) mass is 400 g/mol. The van der Waals surface area contributed by atoms with Gasteiger partial charge in [-0.05, 0) is 49.6 Å². The maximum atomic E-state index is 13.0. The predicted octanol–water partition coefficient (Wildman–Crippen LogP) is 4.05. The zero-order valence-electron chi connectivity index (χ0n) is 15.2. The number of fused-ring (bicyclic) bond motifs is 3. The number of benzene rings is 2. The van der Waals surface area contributed by atoms with E-state index in [1.807, 2.05) is 62.4 Å². The molecule has 1 unspecified atom stereocenters. The lowest BCUT2D eigenvalue weighted by Crippen LogP contribution is -2.52. The summed E-state index contributed by atoms with van der Waals surface area (Å²) < 4.78 is -0.349. The highest BCUT2D eigenvalue weighted by Crippen LogP contribution is 2.56. The third-order valence-electron chi connectivity index (χ3n) is 5.17. The van der Waals surface area contributed by atoms with Gasteiger partial charge in [0, 0.05) is 21.9 Å². The molecule has 0 bridgehead atoms. The van der Waals surface area contributed by atoms with Crippen molar-refractivity contribution in [1.29, 1.82) is 0 Å². The van der Waals surface area contributed by atoms with Crippen molar-refractivity contribution < 1.29 is 9.59 Å². The molecule has 2 amide bonds. The van der Waals surface area contributed by atoms with E-state index in [-0.39, 0.29) is 21.9 Å². The Labute approximate surface area is 168 Å². The fraction of sp³-hybridized carbons (Fsp3) is 0.333. The van der Waals surface area contributed by atoms with Crippen LogP contribution in [0.15, 0.2) is 48.5 Å². The number of nitrogens with zero attached hydrogens (tertiary/aromatic N) is 1. The van der Waals surface area contributed by atoms with E-state index >= 15 is 0 Å². The van der Waals surface area contributed by atoms with Gasteiger partial charge in [0.1, 0.15) is 11.4 Å². The van der Waals surface area contributed by atoms with E-state index in [1.54, 1.807) is 16.7 Å². The first-order valence-electron chi connectivity index (χ1n) is 9.00. The van der Waals surface area contributed by atoms with Gasteiger partial charge in [-0.3, -0.25) is 9.59 Å². The highest BCUT2D eigenvalue weighted by atomic mass is 35.5. The quantitative estimate of drug-likeness (QED) is 0.842. The average molecular weight is 401 g/mol. The van der Waals surface area contributed by atoms with E-state index in [2.05, 4.69) is 5.32 Å². The first-order chi connectivity index (χ1) is 12.9. The van der Waals surface area contributed by atoms with Gasteiger partial charge in [-0.25, -0.2) is 0 Å². The summed E-state index contributed by atoms with van der Waals surface area (Å²) >= 11 is 7.59. The molecule has 0 saturated carbocycles. The lowest BCUT2D eigenvalue weighted by atomic mass is 10.0. The molecule has 0 radical (unpaired) electrons. The van der Waals surface area contributed by atoms with Crippen molar-refractivity contribution in [2.45, 2.75) is 36.4 Å². The minimum atomic E-state index is -0.488. The Morgan fingerprint density at radius 3 is 2.63 bits per heavy atom. The second-order valence-corrected chi connectivity index (χ2v) is 9.61. The number of carbonyl (C=O) groups excluding carboxylic acids is 2. The number of halogens is 1. The highest BCUT2D eigenvalue weighted by Gasteiger charge is 2.57. The number of hydrogen-bond acceptors (Lipinski definition) is 3. The molecule has 0 spiro atoms. The lowest BCUT2D eigenvalue weighted by Gasteiger charge is -2.29. The number of carbonyl (C=O) groups is 2. The Kier molecular flexibility index (Phi) is 4.68. The summed E-state index contributed by atoms with van der Waals surface area (Å²) in [6, 6.07) is 14.8. The number of rotatable bonds is 4. The van der Waals surface area contributed by atoms with Crippen molar-refractivity contribution >= 4 is 35.2 Å². The van der Waals surface area contributed by atoms with E-state index in [9.17, 15) is 9.59 Å². The van der Waals surface area contributed by atoms with Crippen LogP contribution in [0.2, 0.25) is 5.02 Å². The molecule has 0 aromatic heterocycles. The molecule has 2 aromatic carbocycles. The van der Waals surface area contributed by atoms with Crippen LogP contribution >= 0.6 is 23.4 Å². The zero-order chi connectivity index (χ0) is 19.2. The SMILES string of the molecule is CC1(C)SC2c3ccccc3C(=O)N2[C@@H]1C(=O)NCCc1ccc(Cl)cc1. The Hall–Kier alpha value is -1.98. The predicted molar refractivity (Wildman–Crippen MR) is 109 cm³/mol. The molecule has 0 aliphatic carbocycles. The minimum absolute atomic E-state index is 0.0495. The molecule has 4 nitrogen and oxygen atoms in total. The molecule has 27 heavy (non-hydrogen) atoms. The van der Waals surface area contributed by atoms with Crippen molar-refractivity contribution in [3.8, 4) is 0 Å². The summed E-state index contributed by atoms with van der Waals surface area (Å²) in [4.78, 5) is 27.7. The van der Waals surface area contributed by atoms with Gasteiger partial charge < -0.3 is 10.2 Å². The van der Waals surface area contributed by atoms with Gasteiger partial charge in [0.05, 0.1) is 0 Å². The van der Waals surface area contributed by atoms with Crippen molar-refractivity contribution in [1.82, 2.24) is 10.2 Å². The van der Waals surface area contributed by atoms with Crippen molar-refractivity contribution in [2.24, 2.45) is 0 Å². The van der Waals surface area contributed by atoms with Crippen molar-refractivity contribution in [3.05, 3.63) is 70.2 Å². The van der Waals surface area contributed by atoms with E-state index in [0.29, 0.717) is 17.1 Å². The maximum Gasteiger partial charge on any atom is 0.256 e. The Morgan fingerprint density at radius 1 is 1.19 bits per heavy atom. The summed E-state index contributed by atoms with van der Waals surface area (Å²) in [5, 5.41) is 3.64. The van der Waals surface area contributed by atoms with Crippen LogP contribution in [0.1, 0.15) is 40.7 Å². The van der Waals surface area contributed by atoms with Gasteiger partial charge in [-0.15, -0.1) is 11.8 Å². The normalized spacial score (nSPS) is 22.5. The fourth-order valence-electron chi connectivity index (χ4n) is 3.88. The van der Waals surface area contributed by atoms with E-state index in [4.69, 9.17) is 11.6 Å². The summed E-state index contributed by atoms with van der Waals surface area (Å²) in [6.07, 6.45) is 0.723. The maximum absolute atomic E-state index is 13.0. The summed E-state index contributed by atoms with van der Waals surface area (Å²) in [5.74, 6) is -0.142. The van der Waals surface area contributed by atoms with Crippen LogP contribution in [0.5, 0.6) is 0 Å². The van der Waals surface area contributed by atoms with Crippen LogP contribution in [0.3, 0.4) is 0 Å². The first kappa shape index (κ1) is 18.4. The highest BCUT2D eigenvalue weighted by molar-refractivity contribution is 8.01. The Morgan fingerprint density at radius 2 is 1.89 bits per heavy atom. The van der Waals surface area contributed by atoms with Crippen LogP contribution in [0.4, 0.5) is 0 Å². The summed E-state index contributed by atoms with van der Waals surface area (Å²) in [7, 11) is 0. The lowest BCUT2D eigenvalue weighted by molar-refractivity contribution is -0.126. The van der Waals surface area contributed by atoms with Crippen LogP contribution < -0.4 is 5.32 Å². The third kappa shape index (κ3) is 3.23. The van der Waals surface area contributed by atoms with Gasteiger partial charge in [0.15, 0.2) is 0 Å². The number of thioether (sulfide) groups is 1. The van der Waals surface area contributed by atoms with Gasteiger partial charge in [0.25, 0.3) is 5.91 Å². The molecule has 4 rings (SSSR count). The second-order valence-electron chi connectivity index (χ2n) is 7.44. The Bertz CT molecular complexity index is 897. The standard InChI is InChI=1S/C21H21ClN2O2S/c1-21(2)17(18(25)23-12-11-13-7-9-14(22)10-8-13)24-19(26)15-5-3-4-6-16(15)20(24)27-21/h3-10,17,20H,11-12H2,1-2H3,(H,23,25)/t17-,20?/m1/s1. The van der Waals surface area contributed by atoms with E-state index in [0.717, 1.165) is 17.5 Å². The van der Waals surface area contributed by atoms with Crippen molar-refractivity contribution in [2.75, 3.05) is 6.54 Å². The molecule has 2 heterocycles. The van der Waals surface area contributed by atoms with E-state index in [1.165, 1.54) is 0 Å². The van der Waals surface area contributed by atoms with Crippen molar-refractivity contribution in [3.63, 3.8) is 0 Å². The van der Waals surface area contributed by atoms with E-state index < -0.39 is 6.04 Å². The number of amides is 2. The number of hydrogen-bond donors (Lipinski definition) is 1.